The summed E-state index contributed by atoms with van der Waals surface area (Å²) >= 11 is 0. The van der Waals surface area contributed by atoms with E-state index in [0.29, 0.717) is 41.4 Å². The minimum Gasteiger partial charge on any atom is -0.457 e. The first kappa shape index (κ1) is 29.3. The third kappa shape index (κ3) is 5.86. The first-order valence-corrected chi connectivity index (χ1v) is 14.9. The average molecular weight is 592 g/mol. The number of nitrogen functional groups attached to an aromatic ring is 1. The van der Waals surface area contributed by atoms with Gasteiger partial charge in [0.05, 0.1) is 18.0 Å². The van der Waals surface area contributed by atoms with Crippen LogP contribution < -0.4 is 10.5 Å². The monoisotopic (exact) mass is 591 g/mol. The molecule has 226 valence electrons. The normalized spacial score (nSPS) is 18.2. The maximum atomic E-state index is 13.6. The first-order chi connectivity index (χ1) is 21.2. The maximum absolute atomic E-state index is 13.6. The standard InChI is InChI=1S/C33H37N9O2/c1-33(2,40-17-15-39(3)16-18-40)19-24(20-34)32(43)41-14-13-25(41)21-42-31-28(30(35)36-22-37-31)29(38-42)23-9-11-27(12-10-23)44-26-7-5-4-6-8-26/h4-12,19,22,25H,13-18,21H2,1-3H3,(H2,35,36,37)/b24-19+. The Kier molecular flexibility index (Phi) is 8.03. The molecule has 0 bridgehead atoms. The van der Waals surface area contributed by atoms with Crippen molar-refractivity contribution in [2.24, 2.45) is 0 Å². The van der Waals surface area contributed by atoms with Gasteiger partial charge in [-0.2, -0.15) is 10.4 Å². The molecule has 2 aromatic carbocycles. The third-order valence-electron chi connectivity index (χ3n) is 8.62. The van der Waals surface area contributed by atoms with Gasteiger partial charge in [-0.05, 0) is 69.8 Å². The number of nitriles is 1. The Hall–Kier alpha value is -4.79. The van der Waals surface area contributed by atoms with Crippen LogP contribution in [-0.2, 0) is 11.3 Å². The number of anilines is 1. The Labute approximate surface area is 257 Å². The molecule has 1 amide bonds. The van der Waals surface area contributed by atoms with E-state index in [2.05, 4.69) is 46.7 Å². The molecule has 2 saturated heterocycles. The lowest BCUT2D eigenvalue weighted by atomic mass is 9.95. The number of hydrogen-bond acceptors (Lipinski definition) is 9. The Morgan fingerprint density at radius 3 is 2.41 bits per heavy atom. The van der Waals surface area contributed by atoms with Crippen LogP contribution in [0, 0.1) is 11.3 Å². The number of carbonyl (C=O) groups is 1. The fourth-order valence-corrected chi connectivity index (χ4v) is 5.89. The summed E-state index contributed by atoms with van der Waals surface area (Å²) < 4.78 is 7.74. The van der Waals surface area contributed by atoms with E-state index in [1.165, 1.54) is 6.33 Å². The zero-order valence-electron chi connectivity index (χ0n) is 25.3. The average Bonchev–Trinajstić information content (AvgIpc) is 3.39. The lowest BCUT2D eigenvalue weighted by Crippen LogP contribution is -2.55. The van der Waals surface area contributed by atoms with Crippen molar-refractivity contribution in [1.29, 1.82) is 5.26 Å². The molecule has 2 fully saturated rings. The van der Waals surface area contributed by atoms with Gasteiger partial charge in [0.1, 0.15) is 41.0 Å². The van der Waals surface area contributed by atoms with Gasteiger partial charge in [-0.3, -0.25) is 9.69 Å². The Morgan fingerprint density at radius 1 is 1.05 bits per heavy atom. The van der Waals surface area contributed by atoms with Gasteiger partial charge in [0.15, 0.2) is 5.65 Å². The van der Waals surface area contributed by atoms with Crippen molar-refractivity contribution in [3.8, 4) is 28.8 Å². The van der Waals surface area contributed by atoms with Gasteiger partial charge in [0.2, 0.25) is 0 Å². The topological polar surface area (TPSA) is 129 Å². The van der Waals surface area contributed by atoms with E-state index in [1.54, 1.807) is 9.58 Å². The summed E-state index contributed by atoms with van der Waals surface area (Å²) in [5.41, 5.74) is 8.20. The summed E-state index contributed by atoms with van der Waals surface area (Å²) in [6.07, 6.45) is 4.06. The molecule has 2 aliphatic heterocycles. The van der Waals surface area contributed by atoms with Crippen molar-refractivity contribution in [1.82, 2.24) is 34.4 Å². The van der Waals surface area contributed by atoms with Crippen LogP contribution in [0.15, 0.2) is 72.6 Å². The fourth-order valence-electron chi connectivity index (χ4n) is 5.89. The quantitative estimate of drug-likeness (QED) is 0.239. The van der Waals surface area contributed by atoms with E-state index in [4.69, 9.17) is 15.6 Å². The number of ether oxygens (including phenoxy) is 1. The summed E-state index contributed by atoms with van der Waals surface area (Å²) in [4.78, 5) is 28.7. The van der Waals surface area contributed by atoms with E-state index in [-0.39, 0.29) is 17.5 Å². The number of likely N-dealkylation sites (tertiary alicyclic amines) is 1. The van der Waals surface area contributed by atoms with Crippen molar-refractivity contribution in [2.75, 3.05) is 45.5 Å². The molecule has 0 radical (unpaired) electrons. The van der Waals surface area contributed by atoms with Gasteiger partial charge in [-0.25, -0.2) is 14.6 Å². The molecule has 1 unspecified atom stereocenters. The van der Waals surface area contributed by atoms with Crippen LogP contribution in [0.25, 0.3) is 22.3 Å². The van der Waals surface area contributed by atoms with E-state index in [0.717, 1.165) is 43.9 Å². The number of benzene rings is 2. The molecule has 2 aromatic heterocycles. The zero-order valence-corrected chi connectivity index (χ0v) is 25.3. The maximum Gasteiger partial charge on any atom is 0.264 e. The molecule has 11 heteroatoms. The molecule has 0 saturated carbocycles. The molecule has 2 aliphatic rings. The second-order valence-corrected chi connectivity index (χ2v) is 12.0. The summed E-state index contributed by atoms with van der Waals surface area (Å²) in [6, 6.07) is 19.3. The largest absolute Gasteiger partial charge is 0.457 e. The van der Waals surface area contributed by atoms with Crippen LogP contribution in [0.3, 0.4) is 0 Å². The number of amides is 1. The second kappa shape index (κ2) is 12.1. The fraction of sp³-hybridized carbons (Fsp3) is 0.364. The number of carbonyl (C=O) groups excluding carboxylic acids is 1. The summed E-state index contributed by atoms with van der Waals surface area (Å²) in [5.74, 6) is 1.55. The number of piperazine rings is 1. The highest BCUT2D eigenvalue weighted by Crippen LogP contribution is 2.33. The summed E-state index contributed by atoms with van der Waals surface area (Å²) in [7, 11) is 2.11. The molecule has 11 nitrogen and oxygen atoms in total. The Morgan fingerprint density at radius 2 is 1.75 bits per heavy atom. The summed E-state index contributed by atoms with van der Waals surface area (Å²) in [6.45, 7) is 8.85. The van der Waals surface area contributed by atoms with E-state index < -0.39 is 5.54 Å². The van der Waals surface area contributed by atoms with Crippen molar-refractivity contribution >= 4 is 22.8 Å². The lowest BCUT2D eigenvalue weighted by molar-refractivity contribution is -0.134. The first-order valence-electron chi connectivity index (χ1n) is 14.9. The molecule has 0 spiro atoms. The minimum atomic E-state index is -0.411. The van der Waals surface area contributed by atoms with E-state index in [1.807, 2.05) is 60.7 Å². The van der Waals surface area contributed by atoms with Crippen LogP contribution >= 0.6 is 0 Å². The number of likely N-dealkylation sites (N-methyl/N-ethyl adjacent to an activating group) is 1. The minimum absolute atomic E-state index is 0.125. The number of nitrogens with two attached hydrogens (primary N) is 1. The molecule has 2 N–H and O–H groups in total. The molecule has 4 aromatic rings. The second-order valence-electron chi connectivity index (χ2n) is 12.0. The number of aromatic nitrogens is 4. The van der Waals surface area contributed by atoms with Gasteiger partial charge in [-0.15, -0.1) is 0 Å². The number of rotatable bonds is 8. The summed E-state index contributed by atoms with van der Waals surface area (Å²) in [5, 5.41) is 15.6. The van der Waals surface area contributed by atoms with Gasteiger partial charge >= 0.3 is 0 Å². The smallest absolute Gasteiger partial charge is 0.264 e. The van der Waals surface area contributed by atoms with E-state index in [9.17, 15) is 10.1 Å². The molecule has 6 rings (SSSR count). The van der Waals surface area contributed by atoms with Crippen LogP contribution in [0.5, 0.6) is 11.5 Å². The Bertz CT molecular complexity index is 1720. The van der Waals surface area contributed by atoms with Crippen molar-refractivity contribution in [3.63, 3.8) is 0 Å². The molecular formula is C33H37N9O2. The van der Waals surface area contributed by atoms with Crippen molar-refractivity contribution in [2.45, 2.75) is 38.4 Å². The molecule has 1 atom stereocenters. The molecule has 0 aliphatic carbocycles. The SMILES string of the molecule is CN1CCN(C(C)(C)/C=C(\C#N)C(=O)N2CCC2Cn2nc(-c3ccc(Oc4ccccc4)cc3)c3c(N)ncnc32)CC1. The van der Waals surface area contributed by atoms with Crippen LogP contribution in [0.4, 0.5) is 5.82 Å². The molecular weight excluding hydrogens is 554 g/mol. The van der Waals surface area contributed by atoms with Gasteiger partial charge < -0.3 is 20.3 Å². The highest BCUT2D eigenvalue weighted by atomic mass is 16.5. The van der Waals surface area contributed by atoms with Crippen LogP contribution in [0.2, 0.25) is 0 Å². The van der Waals surface area contributed by atoms with Crippen LogP contribution in [-0.4, -0.2) is 91.7 Å². The number of para-hydroxylation sites is 1. The Balaban J connectivity index is 1.22. The predicted octanol–water partition coefficient (Wildman–Crippen LogP) is 3.94. The van der Waals surface area contributed by atoms with Crippen LogP contribution in [0.1, 0.15) is 20.3 Å². The molecule has 4 heterocycles. The van der Waals surface area contributed by atoms with Crippen molar-refractivity contribution in [3.05, 3.63) is 72.6 Å². The van der Waals surface area contributed by atoms with Gasteiger partial charge in [0, 0.05) is 43.8 Å². The highest BCUT2D eigenvalue weighted by molar-refractivity contribution is 5.99. The third-order valence-corrected chi connectivity index (χ3v) is 8.62. The number of hydrogen-bond donors (Lipinski definition) is 1. The van der Waals surface area contributed by atoms with Gasteiger partial charge in [0.25, 0.3) is 5.91 Å². The number of nitrogens with zero attached hydrogens (tertiary/aromatic N) is 8. The van der Waals surface area contributed by atoms with Crippen molar-refractivity contribution < 1.29 is 9.53 Å². The molecule has 44 heavy (non-hydrogen) atoms. The predicted molar refractivity (Wildman–Crippen MR) is 169 cm³/mol. The zero-order chi connectivity index (χ0) is 30.8. The lowest BCUT2D eigenvalue weighted by Gasteiger charge is -2.43. The number of fused-ring (bicyclic) bond motifs is 1. The van der Waals surface area contributed by atoms with E-state index >= 15 is 0 Å². The van der Waals surface area contributed by atoms with Gasteiger partial charge in [-0.1, -0.05) is 18.2 Å². The highest BCUT2D eigenvalue weighted by Gasteiger charge is 2.37.